The van der Waals surface area contributed by atoms with Gasteiger partial charge in [0.2, 0.25) is 5.79 Å². The fourth-order valence-electron chi connectivity index (χ4n) is 2.29. The minimum Gasteiger partial charge on any atom is -0.451 e. The number of benzene rings is 1. The second-order valence-corrected chi connectivity index (χ2v) is 8.03. The third-order valence-corrected chi connectivity index (χ3v) is 5.58. The van der Waals surface area contributed by atoms with Gasteiger partial charge < -0.3 is 14.2 Å². The van der Waals surface area contributed by atoms with Crippen molar-refractivity contribution in [3.63, 3.8) is 0 Å². The summed E-state index contributed by atoms with van der Waals surface area (Å²) in [6, 6.07) is 3.85. The molecule has 0 spiro atoms. The number of ether oxygens (including phenoxy) is 3. The number of hydrogen-bond acceptors (Lipinski definition) is 5. The standard InChI is InChI=1S/C15H17BrO4S/c1-8(9-6-18-7-9)21-11-5-4-10(16)13-12(11)14(17)20-15(2,3)19-13/h4-5,8-9H,6-7H2,1-3H3. The Hall–Kier alpha value is -0.720. The quantitative estimate of drug-likeness (QED) is 0.595. The van der Waals surface area contributed by atoms with Crippen molar-refractivity contribution >= 4 is 33.7 Å². The number of halogens is 1. The third kappa shape index (κ3) is 2.94. The van der Waals surface area contributed by atoms with E-state index in [1.807, 2.05) is 12.1 Å². The van der Waals surface area contributed by atoms with Crippen LogP contribution in [0.5, 0.6) is 5.75 Å². The summed E-state index contributed by atoms with van der Waals surface area (Å²) in [5.41, 5.74) is 0.515. The molecule has 1 saturated heterocycles. The van der Waals surface area contributed by atoms with E-state index in [2.05, 4.69) is 22.9 Å². The van der Waals surface area contributed by atoms with Crippen LogP contribution in [-0.4, -0.2) is 30.2 Å². The van der Waals surface area contributed by atoms with Gasteiger partial charge in [-0.3, -0.25) is 0 Å². The fourth-order valence-corrected chi connectivity index (χ4v) is 3.89. The van der Waals surface area contributed by atoms with Crippen molar-refractivity contribution in [1.29, 1.82) is 0 Å². The van der Waals surface area contributed by atoms with E-state index >= 15 is 0 Å². The van der Waals surface area contributed by atoms with Crippen LogP contribution in [0.25, 0.3) is 0 Å². The average molecular weight is 373 g/mol. The van der Waals surface area contributed by atoms with Gasteiger partial charge >= 0.3 is 5.97 Å². The van der Waals surface area contributed by atoms with Gasteiger partial charge in [-0.05, 0) is 28.1 Å². The van der Waals surface area contributed by atoms with Gasteiger partial charge in [0.1, 0.15) is 5.56 Å². The van der Waals surface area contributed by atoms with Crippen LogP contribution in [-0.2, 0) is 9.47 Å². The highest BCUT2D eigenvalue weighted by atomic mass is 79.9. The summed E-state index contributed by atoms with van der Waals surface area (Å²) in [5, 5.41) is 0.381. The second kappa shape index (κ2) is 5.48. The largest absolute Gasteiger partial charge is 0.451 e. The molecule has 114 valence electrons. The summed E-state index contributed by atoms with van der Waals surface area (Å²) in [4.78, 5) is 13.2. The van der Waals surface area contributed by atoms with Gasteiger partial charge in [0.15, 0.2) is 5.75 Å². The predicted molar refractivity (Wildman–Crippen MR) is 83.9 cm³/mol. The molecule has 0 radical (unpaired) electrons. The van der Waals surface area contributed by atoms with Crippen molar-refractivity contribution in [2.24, 2.45) is 5.92 Å². The molecule has 1 unspecified atom stereocenters. The lowest BCUT2D eigenvalue weighted by Crippen LogP contribution is -2.39. The molecular weight excluding hydrogens is 356 g/mol. The lowest BCUT2D eigenvalue weighted by molar-refractivity contribution is -0.128. The molecule has 3 rings (SSSR count). The van der Waals surface area contributed by atoms with E-state index in [0.29, 0.717) is 22.5 Å². The molecular formula is C15H17BrO4S. The molecule has 0 bridgehead atoms. The maximum Gasteiger partial charge on any atom is 0.346 e. The van der Waals surface area contributed by atoms with Crippen molar-refractivity contribution in [1.82, 2.24) is 0 Å². The van der Waals surface area contributed by atoms with Gasteiger partial charge in [-0.15, -0.1) is 11.8 Å². The Morgan fingerprint density at radius 1 is 1.33 bits per heavy atom. The molecule has 6 heteroatoms. The molecule has 1 aromatic carbocycles. The van der Waals surface area contributed by atoms with E-state index in [4.69, 9.17) is 14.2 Å². The van der Waals surface area contributed by atoms with Crippen LogP contribution in [0.15, 0.2) is 21.5 Å². The first-order valence-corrected chi connectivity index (χ1v) is 8.54. The third-order valence-electron chi connectivity index (χ3n) is 3.60. The van der Waals surface area contributed by atoms with Crippen LogP contribution in [0.3, 0.4) is 0 Å². The highest BCUT2D eigenvalue weighted by molar-refractivity contribution is 9.10. The molecule has 1 atom stereocenters. The number of carbonyl (C=O) groups excluding carboxylic acids is 1. The monoisotopic (exact) mass is 372 g/mol. The van der Waals surface area contributed by atoms with E-state index in [0.717, 1.165) is 22.6 Å². The Morgan fingerprint density at radius 2 is 2.05 bits per heavy atom. The van der Waals surface area contributed by atoms with Crippen molar-refractivity contribution in [2.75, 3.05) is 13.2 Å². The van der Waals surface area contributed by atoms with E-state index in [9.17, 15) is 4.79 Å². The number of hydrogen-bond donors (Lipinski definition) is 0. The zero-order chi connectivity index (χ0) is 15.2. The fraction of sp³-hybridized carbons (Fsp3) is 0.533. The summed E-state index contributed by atoms with van der Waals surface area (Å²) in [6.45, 7) is 7.20. The number of rotatable bonds is 3. The van der Waals surface area contributed by atoms with Crippen molar-refractivity contribution in [2.45, 2.75) is 36.7 Å². The highest BCUT2D eigenvalue weighted by Gasteiger charge is 2.38. The molecule has 2 aliphatic heterocycles. The minimum atomic E-state index is -0.941. The van der Waals surface area contributed by atoms with E-state index < -0.39 is 5.79 Å². The zero-order valence-corrected chi connectivity index (χ0v) is 14.5. The lowest BCUT2D eigenvalue weighted by atomic mass is 10.1. The molecule has 1 fully saturated rings. The molecule has 1 aromatic rings. The molecule has 0 amide bonds. The molecule has 0 saturated carbocycles. The highest BCUT2D eigenvalue weighted by Crippen LogP contribution is 2.44. The Bertz CT molecular complexity index is 583. The Balaban J connectivity index is 1.94. The molecule has 2 aliphatic rings. The normalized spacial score (nSPS) is 21.8. The van der Waals surface area contributed by atoms with Gasteiger partial charge in [-0.2, -0.15) is 0 Å². The summed E-state index contributed by atoms with van der Waals surface area (Å²) in [7, 11) is 0. The molecule has 4 nitrogen and oxygen atoms in total. The van der Waals surface area contributed by atoms with Crippen LogP contribution < -0.4 is 4.74 Å². The van der Waals surface area contributed by atoms with Crippen LogP contribution in [0, 0.1) is 5.92 Å². The SMILES string of the molecule is CC(Sc1ccc(Br)c2c1C(=O)OC(C)(C)O2)C1COC1. The Labute approximate surface area is 136 Å². The average Bonchev–Trinajstić information content (AvgIpc) is 2.29. The second-order valence-electron chi connectivity index (χ2n) is 5.76. The van der Waals surface area contributed by atoms with Gasteiger partial charge in [0.25, 0.3) is 0 Å². The molecule has 0 aromatic heterocycles. The Kier molecular flexibility index (Phi) is 3.96. The molecule has 0 N–H and O–H groups in total. The topological polar surface area (TPSA) is 44.8 Å². The minimum absolute atomic E-state index is 0.331. The van der Waals surface area contributed by atoms with Crippen LogP contribution >= 0.6 is 27.7 Å². The zero-order valence-electron chi connectivity index (χ0n) is 12.1. The summed E-state index contributed by atoms with van der Waals surface area (Å²) >= 11 is 5.13. The molecule has 2 heterocycles. The first-order chi connectivity index (χ1) is 9.87. The predicted octanol–water partition coefficient (Wildman–Crippen LogP) is 3.86. The number of cyclic esters (lactones) is 1. The number of thioether (sulfide) groups is 1. The molecule has 0 aliphatic carbocycles. The maximum absolute atomic E-state index is 12.3. The molecule has 21 heavy (non-hydrogen) atoms. The lowest BCUT2D eigenvalue weighted by Gasteiger charge is -2.34. The van der Waals surface area contributed by atoms with Gasteiger partial charge in [0.05, 0.1) is 17.7 Å². The van der Waals surface area contributed by atoms with Crippen molar-refractivity contribution < 1.29 is 19.0 Å². The van der Waals surface area contributed by atoms with E-state index in [-0.39, 0.29) is 5.97 Å². The van der Waals surface area contributed by atoms with Gasteiger partial charge in [-0.1, -0.05) is 6.92 Å². The number of carbonyl (C=O) groups is 1. The van der Waals surface area contributed by atoms with Gasteiger partial charge in [0, 0.05) is 29.9 Å². The summed E-state index contributed by atoms with van der Waals surface area (Å²) in [5.74, 6) is -0.171. The summed E-state index contributed by atoms with van der Waals surface area (Å²) in [6.07, 6.45) is 0. The first-order valence-electron chi connectivity index (χ1n) is 6.86. The van der Waals surface area contributed by atoms with Gasteiger partial charge in [-0.25, -0.2) is 4.79 Å². The summed E-state index contributed by atoms with van der Waals surface area (Å²) < 4.78 is 17.2. The van der Waals surface area contributed by atoms with Crippen LogP contribution in [0.4, 0.5) is 0 Å². The number of fused-ring (bicyclic) bond motifs is 1. The van der Waals surface area contributed by atoms with Crippen molar-refractivity contribution in [3.8, 4) is 5.75 Å². The Morgan fingerprint density at radius 3 is 2.67 bits per heavy atom. The van der Waals surface area contributed by atoms with E-state index in [1.165, 1.54) is 0 Å². The first kappa shape index (κ1) is 15.2. The number of esters is 1. The van der Waals surface area contributed by atoms with Crippen LogP contribution in [0.2, 0.25) is 0 Å². The van der Waals surface area contributed by atoms with Crippen molar-refractivity contribution in [3.05, 3.63) is 22.2 Å². The smallest absolute Gasteiger partial charge is 0.346 e. The maximum atomic E-state index is 12.3. The van der Waals surface area contributed by atoms with Crippen LogP contribution in [0.1, 0.15) is 31.1 Å². The van der Waals surface area contributed by atoms with E-state index in [1.54, 1.807) is 25.6 Å².